The average molecular weight is 528 g/mol. The Hall–Kier alpha value is -2.97. The van der Waals surface area contributed by atoms with Crippen LogP contribution in [-0.4, -0.2) is 27.1 Å². The molecule has 3 aromatic rings. The molecular formula is C25H26BrN3O3S. The Balaban J connectivity index is 1.85. The number of rotatable bonds is 8. The summed E-state index contributed by atoms with van der Waals surface area (Å²) in [4.78, 5) is 12.8. The summed E-state index contributed by atoms with van der Waals surface area (Å²) < 4.78 is 28.9. The molecule has 0 bridgehead atoms. The largest absolute Gasteiger partial charge is 0.271 e. The maximum Gasteiger partial charge on any atom is 0.264 e. The molecule has 0 heterocycles. The fourth-order valence-electron chi connectivity index (χ4n) is 3.07. The lowest BCUT2D eigenvalue weighted by Crippen LogP contribution is -2.39. The van der Waals surface area contributed by atoms with Gasteiger partial charge >= 0.3 is 0 Å². The van der Waals surface area contributed by atoms with Crippen molar-refractivity contribution in [3.63, 3.8) is 0 Å². The molecule has 0 unspecified atom stereocenters. The van der Waals surface area contributed by atoms with Crippen LogP contribution in [0.15, 0.2) is 87.3 Å². The monoisotopic (exact) mass is 527 g/mol. The second-order valence-corrected chi connectivity index (χ2v) is 10.7. The van der Waals surface area contributed by atoms with Crippen LogP contribution in [0.2, 0.25) is 0 Å². The van der Waals surface area contributed by atoms with E-state index in [1.807, 2.05) is 43.3 Å². The summed E-state index contributed by atoms with van der Waals surface area (Å²) in [5, 5.41) is 3.96. The normalized spacial score (nSPS) is 11.7. The third kappa shape index (κ3) is 6.52. The van der Waals surface area contributed by atoms with Crippen molar-refractivity contribution in [2.45, 2.75) is 31.6 Å². The molecule has 172 valence electrons. The third-order valence-electron chi connectivity index (χ3n) is 5.02. The molecule has 1 amide bonds. The van der Waals surface area contributed by atoms with Crippen LogP contribution in [0.3, 0.4) is 0 Å². The van der Waals surface area contributed by atoms with Crippen LogP contribution in [0.1, 0.15) is 36.5 Å². The lowest BCUT2D eigenvalue weighted by Gasteiger charge is -2.24. The number of nitrogens with one attached hydrogen (secondary N) is 1. The molecule has 0 aliphatic rings. The number of halogens is 1. The summed E-state index contributed by atoms with van der Waals surface area (Å²) in [6, 6.07) is 21.1. The van der Waals surface area contributed by atoms with E-state index in [1.165, 1.54) is 6.21 Å². The number of aryl methyl sites for hydroxylation is 1. The average Bonchev–Trinajstić information content (AvgIpc) is 2.79. The zero-order valence-corrected chi connectivity index (χ0v) is 21.1. The van der Waals surface area contributed by atoms with Crippen molar-refractivity contribution in [1.29, 1.82) is 0 Å². The quantitative estimate of drug-likeness (QED) is 0.322. The predicted molar refractivity (Wildman–Crippen MR) is 136 cm³/mol. The highest BCUT2D eigenvalue weighted by atomic mass is 79.9. The number of nitrogens with zero attached hydrogens (tertiary/aromatic N) is 2. The van der Waals surface area contributed by atoms with E-state index in [-0.39, 0.29) is 4.90 Å². The topological polar surface area (TPSA) is 78.8 Å². The van der Waals surface area contributed by atoms with E-state index in [0.717, 1.165) is 25.5 Å². The molecule has 0 spiro atoms. The van der Waals surface area contributed by atoms with E-state index in [2.05, 4.69) is 40.3 Å². The van der Waals surface area contributed by atoms with E-state index in [9.17, 15) is 13.2 Å². The molecule has 0 aromatic heterocycles. The lowest BCUT2D eigenvalue weighted by atomic mass is 10.0. The number of amides is 1. The molecule has 0 aliphatic heterocycles. The van der Waals surface area contributed by atoms with Crippen molar-refractivity contribution >= 4 is 43.8 Å². The Morgan fingerprint density at radius 1 is 1.00 bits per heavy atom. The minimum absolute atomic E-state index is 0.118. The zero-order valence-electron chi connectivity index (χ0n) is 18.7. The van der Waals surface area contributed by atoms with Gasteiger partial charge in [0, 0.05) is 4.47 Å². The van der Waals surface area contributed by atoms with E-state index < -0.39 is 22.5 Å². The first-order chi connectivity index (χ1) is 15.7. The SMILES string of the molecule is Cc1ccc(S(=O)(=O)N(CC(=O)N/N=C\c2ccc(Br)cc2)c2ccc(C(C)C)cc2)cc1. The van der Waals surface area contributed by atoms with Gasteiger partial charge in [-0.3, -0.25) is 9.10 Å². The van der Waals surface area contributed by atoms with Gasteiger partial charge in [0.1, 0.15) is 6.54 Å². The van der Waals surface area contributed by atoms with Gasteiger partial charge < -0.3 is 0 Å². The molecular weight excluding hydrogens is 502 g/mol. The Morgan fingerprint density at radius 3 is 2.18 bits per heavy atom. The van der Waals surface area contributed by atoms with Crippen LogP contribution >= 0.6 is 15.9 Å². The summed E-state index contributed by atoms with van der Waals surface area (Å²) in [6.07, 6.45) is 1.50. The highest BCUT2D eigenvalue weighted by Crippen LogP contribution is 2.26. The van der Waals surface area contributed by atoms with Crippen LogP contribution in [0, 0.1) is 6.92 Å². The number of sulfonamides is 1. The number of hydrazone groups is 1. The highest BCUT2D eigenvalue weighted by Gasteiger charge is 2.27. The number of hydrogen-bond acceptors (Lipinski definition) is 4. The first-order valence-corrected chi connectivity index (χ1v) is 12.7. The molecule has 0 atom stereocenters. The molecule has 0 radical (unpaired) electrons. The first kappa shape index (κ1) is 24.7. The number of hydrogen-bond donors (Lipinski definition) is 1. The zero-order chi connectivity index (χ0) is 24.0. The Kier molecular flexibility index (Phi) is 8.05. The van der Waals surface area contributed by atoms with E-state index in [0.29, 0.717) is 11.6 Å². The second-order valence-electron chi connectivity index (χ2n) is 7.92. The van der Waals surface area contributed by atoms with Crippen LogP contribution in [0.4, 0.5) is 5.69 Å². The molecule has 0 saturated carbocycles. The second kappa shape index (κ2) is 10.8. The Labute approximate surface area is 203 Å². The molecule has 1 N–H and O–H groups in total. The van der Waals surface area contributed by atoms with Gasteiger partial charge in [0.15, 0.2) is 0 Å². The summed E-state index contributed by atoms with van der Waals surface area (Å²) in [5.41, 5.74) is 5.65. The predicted octanol–water partition coefficient (Wildman–Crippen LogP) is 5.23. The summed E-state index contributed by atoms with van der Waals surface area (Å²) in [6.45, 7) is 5.60. The van der Waals surface area contributed by atoms with Gasteiger partial charge in [-0.25, -0.2) is 13.8 Å². The molecule has 0 saturated heterocycles. The number of carbonyl (C=O) groups is 1. The van der Waals surface area contributed by atoms with E-state index >= 15 is 0 Å². The number of benzene rings is 3. The minimum atomic E-state index is -3.97. The maximum absolute atomic E-state index is 13.4. The lowest BCUT2D eigenvalue weighted by molar-refractivity contribution is -0.119. The van der Waals surface area contributed by atoms with Crippen molar-refractivity contribution in [1.82, 2.24) is 5.43 Å². The van der Waals surface area contributed by atoms with Gasteiger partial charge in [0.05, 0.1) is 16.8 Å². The van der Waals surface area contributed by atoms with Crippen molar-refractivity contribution in [3.8, 4) is 0 Å². The molecule has 3 aromatic carbocycles. The fourth-order valence-corrected chi connectivity index (χ4v) is 4.76. The summed E-state index contributed by atoms with van der Waals surface area (Å²) >= 11 is 3.36. The van der Waals surface area contributed by atoms with Gasteiger partial charge in [0.2, 0.25) is 0 Å². The van der Waals surface area contributed by atoms with Crippen molar-refractivity contribution in [3.05, 3.63) is 94.0 Å². The summed E-state index contributed by atoms with van der Waals surface area (Å²) in [7, 11) is -3.97. The van der Waals surface area contributed by atoms with Gasteiger partial charge in [-0.1, -0.05) is 71.7 Å². The smallest absolute Gasteiger partial charge is 0.264 e. The van der Waals surface area contributed by atoms with Crippen molar-refractivity contribution < 1.29 is 13.2 Å². The molecule has 3 rings (SSSR count). The van der Waals surface area contributed by atoms with Crippen LogP contribution in [-0.2, 0) is 14.8 Å². The third-order valence-corrected chi connectivity index (χ3v) is 7.33. The van der Waals surface area contributed by atoms with Gasteiger partial charge in [-0.2, -0.15) is 5.10 Å². The maximum atomic E-state index is 13.4. The fraction of sp³-hybridized carbons (Fsp3) is 0.200. The Bertz CT molecular complexity index is 1220. The Morgan fingerprint density at radius 2 is 1.61 bits per heavy atom. The van der Waals surface area contributed by atoms with E-state index in [1.54, 1.807) is 36.4 Å². The van der Waals surface area contributed by atoms with Crippen LogP contribution < -0.4 is 9.73 Å². The van der Waals surface area contributed by atoms with Gasteiger partial charge in [-0.05, 0) is 60.4 Å². The minimum Gasteiger partial charge on any atom is -0.271 e. The van der Waals surface area contributed by atoms with Gasteiger partial charge in [0.25, 0.3) is 15.9 Å². The van der Waals surface area contributed by atoms with Crippen molar-refractivity contribution in [2.24, 2.45) is 5.10 Å². The molecule has 0 fully saturated rings. The van der Waals surface area contributed by atoms with Crippen LogP contribution in [0.5, 0.6) is 0 Å². The molecule has 6 nitrogen and oxygen atoms in total. The molecule has 0 aliphatic carbocycles. The molecule has 33 heavy (non-hydrogen) atoms. The van der Waals surface area contributed by atoms with Crippen molar-refractivity contribution in [2.75, 3.05) is 10.8 Å². The number of anilines is 1. The standard InChI is InChI=1S/C25H26BrN3O3S/c1-18(2)21-8-12-23(13-9-21)29(33(31,32)24-14-4-19(3)5-15-24)17-25(30)28-27-16-20-6-10-22(26)11-7-20/h4-16,18H,17H2,1-3H3,(H,28,30)/b27-16-. The summed E-state index contributed by atoms with van der Waals surface area (Å²) in [5.74, 6) is -0.246. The molecule has 8 heteroatoms. The van der Waals surface area contributed by atoms with E-state index in [4.69, 9.17) is 0 Å². The van der Waals surface area contributed by atoms with Crippen LogP contribution in [0.25, 0.3) is 0 Å². The highest BCUT2D eigenvalue weighted by molar-refractivity contribution is 9.10. The van der Waals surface area contributed by atoms with Gasteiger partial charge in [-0.15, -0.1) is 0 Å². The number of carbonyl (C=O) groups excluding carboxylic acids is 1. The first-order valence-electron chi connectivity index (χ1n) is 10.4.